The van der Waals surface area contributed by atoms with Crippen molar-refractivity contribution in [2.45, 2.75) is 39.2 Å². The van der Waals surface area contributed by atoms with Crippen LogP contribution in [0.15, 0.2) is 0 Å². The maximum atomic E-state index is 5.74. The summed E-state index contributed by atoms with van der Waals surface area (Å²) in [7, 11) is 0. The molecule has 2 fully saturated rings. The molecule has 0 amide bonds. The average molecular weight is 154 g/mol. The van der Waals surface area contributed by atoms with Crippen molar-refractivity contribution in [3.8, 4) is 0 Å². The Labute approximate surface area is 69.1 Å². The van der Waals surface area contributed by atoms with Crippen molar-refractivity contribution in [2.24, 2.45) is 17.8 Å². The Morgan fingerprint density at radius 1 is 1.18 bits per heavy atom. The molecule has 2 aliphatic rings. The lowest BCUT2D eigenvalue weighted by Crippen LogP contribution is -2.27. The summed E-state index contributed by atoms with van der Waals surface area (Å²) < 4.78 is 5.74. The summed E-state index contributed by atoms with van der Waals surface area (Å²) in [5.41, 5.74) is 0. The lowest BCUT2D eigenvalue weighted by atomic mass is 9.77. The Hall–Kier alpha value is -0.0400. The van der Waals surface area contributed by atoms with E-state index in [9.17, 15) is 0 Å². The number of ether oxygens (including phenoxy) is 1. The molecule has 1 saturated heterocycles. The van der Waals surface area contributed by atoms with Crippen molar-refractivity contribution in [3.63, 3.8) is 0 Å². The monoisotopic (exact) mass is 154 g/mol. The van der Waals surface area contributed by atoms with E-state index in [2.05, 4.69) is 13.8 Å². The summed E-state index contributed by atoms with van der Waals surface area (Å²) in [5.74, 6) is 2.63. The van der Waals surface area contributed by atoms with Crippen molar-refractivity contribution >= 4 is 0 Å². The molecule has 0 unspecified atom stereocenters. The van der Waals surface area contributed by atoms with Crippen LogP contribution in [0.25, 0.3) is 0 Å². The Balaban J connectivity index is 2.00. The normalized spacial score (nSPS) is 50.7. The van der Waals surface area contributed by atoms with Gasteiger partial charge in [0.1, 0.15) is 0 Å². The van der Waals surface area contributed by atoms with E-state index in [1.165, 1.54) is 19.3 Å². The van der Waals surface area contributed by atoms with Crippen molar-refractivity contribution in [1.82, 2.24) is 0 Å². The fourth-order valence-electron chi connectivity index (χ4n) is 2.59. The zero-order valence-electron chi connectivity index (χ0n) is 7.55. The van der Waals surface area contributed by atoms with Gasteiger partial charge in [-0.2, -0.15) is 0 Å². The Bertz CT molecular complexity index is 144. The van der Waals surface area contributed by atoms with E-state index in [1.54, 1.807) is 0 Å². The molecule has 0 radical (unpaired) electrons. The van der Waals surface area contributed by atoms with Gasteiger partial charge in [0.05, 0.1) is 6.10 Å². The van der Waals surface area contributed by atoms with E-state index in [0.717, 1.165) is 24.4 Å². The summed E-state index contributed by atoms with van der Waals surface area (Å²) >= 11 is 0. The molecule has 0 spiro atoms. The third kappa shape index (κ3) is 1.31. The van der Waals surface area contributed by atoms with Crippen molar-refractivity contribution in [1.29, 1.82) is 0 Å². The third-order valence-electron chi connectivity index (χ3n) is 3.41. The Kier molecular flexibility index (Phi) is 1.92. The van der Waals surface area contributed by atoms with Gasteiger partial charge in [0.15, 0.2) is 0 Å². The van der Waals surface area contributed by atoms with Gasteiger partial charge in [-0.15, -0.1) is 0 Å². The Morgan fingerprint density at radius 2 is 2.00 bits per heavy atom. The minimum atomic E-state index is 0.619. The lowest BCUT2D eigenvalue weighted by molar-refractivity contribution is 0.0494. The SMILES string of the molecule is C[C@@H]1CC[C@H]2[C@@H](C)CO[C@@H]2C1. The first-order valence-electron chi connectivity index (χ1n) is 4.89. The molecule has 1 nitrogen and oxygen atoms in total. The first-order valence-corrected chi connectivity index (χ1v) is 4.89. The summed E-state index contributed by atoms with van der Waals surface area (Å²) in [4.78, 5) is 0. The summed E-state index contributed by atoms with van der Waals surface area (Å²) in [6.07, 6.45) is 4.77. The Morgan fingerprint density at radius 3 is 2.82 bits per heavy atom. The standard InChI is InChI=1S/C10H18O/c1-7-3-4-9-8(2)6-11-10(9)5-7/h7-10H,3-6H2,1-2H3/t7-,8+,9+,10-/m1/s1. The predicted octanol–water partition coefficient (Wildman–Crippen LogP) is 2.46. The summed E-state index contributed by atoms with van der Waals surface area (Å²) in [5, 5.41) is 0. The molecule has 0 N–H and O–H groups in total. The maximum absolute atomic E-state index is 5.74. The van der Waals surface area contributed by atoms with Crippen LogP contribution in [-0.2, 0) is 4.74 Å². The number of hydrogen-bond donors (Lipinski definition) is 0. The molecule has 64 valence electrons. The van der Waals surface area contributed by atoms with Crippen LogP contribution in [0.3, 0.4) is 0 Å². The van der Waals surface area contributed by atoms with Gasteiger partial charge >= 0.3 is 0 Å². The van der Waals surface area contributed by atoms with Crippen LogP contribution in [-0.4, -0.2) is 12.7 Å². The zero-order valence-corrected chi connectivity index (χ0v) is 7.55. The van der Waals surface area contributed by atoms with Gasteiger partial charge in [-0.1, -0.05) is 20.3 Å². The highest BCUT2D eigenvalue weighted by molar-refractivity contribution is 4.86. The molecule has 4 atom stereocenters. The van der Waals surface area contributed by atoms with Crippen LogP contribution in [0, 0.1) is 17.8 Å². The van der Waals surface area contributed by atoms with Gasteiger partial charge in [0.2, 0.25) is 0 Å². The maximum Gasteiger partial charge on any atom is 0.0609 e. The molecule has 11 heavy (non-hydrogen) atoms. The summed E-state index contributed by atoms with van der Waals surface area (Å²) in [6.45, 7) is 5.70. The molecule has 0 aromatic heterocycles. The van der Waals surface area contributed by atoms with Crippen molar-refractivity contribution in [3.05, 3.63) is 0 Å². The van der Waals surface area contributed by atoms with Gasteiger partial charge in [-0.05, 0) is 30.6 Å². The predicted molar refractivity (Wildman–Crippen MR) is 45.4 cm³/mol. The van der Waals surface area contributed by atoms with Gasteiger partial charge in [0, 0.05) is 6.61 Å². The van der Waals surface area contributed by atoms with Crippen LogP contribution in [0.5, 0.6) is 0 Å². The van der Waals surface area contributed by atoms with Crippen LogP contribution in [0.4, 0.5) is 0 Å². The van der Waals surface area contributed by atoms with E-state index in [4.69, 9.17) is 4.74 Å². The molecule has 1 heterocycles. The van der Waals surface area contributed by atoms with E-state index in [-0.39, 0.29) is 0 Å². The molecule has 2 rings (SSSR count). The zero-order chi connectivity index (χ0) is 7.84. The number of rotatable bonds is 0. The van der Waals surface area contributed by atoms with Crippen LogP contribution >= 0.6 is 0 Å². The lowest BCUT2D eigenvalue weighted by Gasteiger charge is -2.30. The third-order valence-corrected chi connectivity index (χ3v) is 3.41. The van der Waals surface area contributed by atoms with Crippen molar-refractivity contribution in [2.75, 3.05) is 6.61 Å². The van der Waals surface area contributed by atoms with Gasteiger partial charge in [-0.3, -0.25) is 0 Å². The molecular formula is C10H18O. The van der Waals surface area contributed by atoms with Gasteiger partial charge in [-0.25, -0.2) is 0 Å². The van der Waals surface area contributed by atoms with Gasteiger partial charge < -0.3 is 4.74 Å². The molecular weight excluding hydrogens is 136 g/mol. The molecule has 1 aliphatic heterocycles. The largest absolute Gasteiger partial charge is 0.378 e. The van der Waals surface area contributed by atoms with E-state index in [0.29, 0.717) is 6.10 Å². The second-order valence-electron chi connectivity index (χ2n) is 4.43. The first kappa shape index (κ1) is 7.60. The van der Waals surface area contributed by atoms with Crippen LogP contribution in [0.2, 0.25) is 0 Å². The van der Waals surface area contributed by atoms with Gasteiger partial charge in [0.25, 0.3) is 0 Å². The molecule has 0 aromatic carbocycles. The van der Waals surface area contributed by atoms with E-state index in [1.807, 2.05) is 0 Å². The minimum Gasteiger partial charge on any atom is -0.378 e. The molecule has 0 bridgehead atoms. The summed E-state index contributed by atoms with van der Waals surface area (Å²) in [6, 6.07) is 0. The molecule has 0 aromatic rings. The van der Waals surface area contributed by atoms with Crippen LogP contribution in [0.1, 0.15) is 33.1 Å². The number of fused-ring (bicyclic) bond motifs is 1. The fourth-order valence-corrected chi connectivity index (χ4v) is 2.59. The van der Waals surface area contributed by atoms with E-state index < -0.39 is 0 Å². The second kappa shape index (κ2) is 2.78. The topological polar surface area (TPSA) is 9.23 Å². The smallest absolute Gasteiger partial charge is 0.0609 e. The molecule has 1 aliphatic carbocycles. The molecule has 1 saturated carbocycles. The number of hydrogen-bond acceptors (Lipinski definition) is 1. The molecule has 1 heteroatoms. The second-order valence-corrected chi connectivity index (χ2v) is 4.43. The first-order chi connectivity index (χ1) is 5.27. The fraction of sp³-hybridized carbons (Fsp3) is 1.00. The minimum absolute atomic E-state index is 0.619. The average Bonchev–Trinajstić information content (AvgIpc) is 2.32. The highest BCUT2D eigenvalue weighted by Crippen LogP contribution is 2.39. The highest BCUT2D eigenvalue weighted by atomic mass is 16.5. The van der Waals surface area contributed by atoms with E-state index >= 15 is 0 Å². The quantitative estimate of drug-likeness (QED) is 0.521. The van der Waals surface area contributed by atoms with Crippen LogP contribution < -0.4 is 0 Å². The van der Waals surface area contributed by atoms with Crippen molar-refractivity contribution < 1.29 is 4.74 Å². The highest BCUT2D eigenvalue weighted by Gasteiger charge is 2.37.